The highest BCUT2D eigenvalue weighted by Crippen LogP contribution is 2.47. The molecule has 2 aromatic carbocycles. The number of rotatable bonds is 6. The fourth-order valence-corrected chi connectivity index (χ4v) is 5.51. The highest BCUT2D eigenvalue weighted by molar-refractivity contribution is 5.96. The number of hydrogen-bond acceptors (Lipinski definition) is 4. The Morgan fingerprint density at radius 2 is 1.47 bits per heavy atom. The molecule has 0 saturated heterocycles. The van der Waals surface area contributed by atoms with E-state index in [-0.39, 0.29) is 11.0 Å². The van der Waals surface area contributed by atoms with Gasteiger partial charge >= 0.3 is 0 Å². The third-order valence-electron chi connectivity index (χ3n) is 7.68. The number of aryl methyl sites for hydroxylation is 1. The van der Waals surface area contributed by atoms with Crippen molar-refractivity contribution >= 4 is 11.1 Å². The molecule has 2 aromatic rings. The van der Waals surface area contributed by atoms with Crippen molar-refractivity contribution in [3.05, 3.63) is 53.1 Å². The predicted molar refractivity (Wildman–Crippen MR) is 154 cm³/mol. The molecule has 0 spiro atoms. The van der Waals surface area contributed by atoms with Gasteiger partial charge < -0.3 is 19.1 Å². The number of quaternary nitrogens is 2. The predicted octanol–water partition coefficient (Wildman–Crippen LogP) is 6.88. The fraction of sp³-hybridized carbons (Fsp3) is 0.562. The van der Waals surface area contributed by atoms with Gasteiger partial charge in [-0.3, -0.25) is 0 Å². The third-order valence-corrected chi connectivity index (χ3v) is 7.68. The standard InChI is InChI=1S/C32H48N2O4/c1-31(2,3)21-33(7,8)37-24-16-18-26-27-14-12-13-22-19-23(38-34(9,10)32(4,5)6)15-17-25(22)29(27)30(35-11)36-28(26)20-24/h15-20,30H,12-14,21H2,1-11H3/q+2. The summed E-state index contributed by atoms with van der Waals surface area (Å²) in [5.41, 5.74) is 6.11. The molecule has 4 rings (SSSR count). The van der Waals surface area contributed by atoms with Gasteiger partial charge in [-0.1, -0.05) is 26.8 Å². The SMILES string of the molecule is COC1Oc2cc(O[N+](C)(C)CC(C)(C)C)ccc2C2=C1c1ccc(O[N+](C)(C)C(C)(C)C)cc1CCC2. The summed E-state index contributed by atoms with van der Waals surface area (Å²) in [5, 5.41) is 0. The van der Waals surface area contributed by atoms with E-state index >= 15 is 0 Å². The first-order chi connectivity index (χ1) is 17.5. The van der Waals surface area contributed by atoms with Crippen molar-refractivity contribution in [1.29, 1.82) is 0 Å². The van der Waals surface area contributed by atoms with Crippen molar-refractivity contribution in [2.45, 2.75) is 72.6 Å². The molecule has 0 amide bonds. The van der Waals surface area contributed by atoms with Gasteiger partial charge in [-0.25, -0.2) is 0 Å². The van der Waals surface area contributed by atoms with E-state index in [1.807, 2.05) is 6.07 Å². The zero-order valence-electron chi connectivity index (χ0n) is 25.4. The quantitative estimate of drug-likeness (QED) is 0.305. The Bertz CT molecular complexity index is 1210. The first-order valence-electron chi connectivity index (χ1n) is 13.8. The largest absolute Gasteiger partial charge is 0.460 e. The minimum absolute atomic E-state index is 0.0477. The average Bonchev–Trinajstić information content (AvgIpc) is 2.94. The van der Waals surface area contributed by atoms with E-state index in [1.165, 1.54) is 16.7 Å². The van der Waals surface area contributed by atoms with Crippen LogP contribution in [0, 0.1) is 5.41 Å². The summed E-state index contributed by atoms with van der Waals surface area (Å²) in [5.74, 6) is 2.50. The average molecular weight is 525 g/mol. The molecule has 1 atom stereocenters. The van der Waals surface area contributed by atoms with Crippen LogP contribution in [0.4, 0.5) is 0 Å². The number of hydrogen-bond donors (Lipinski definition) is 0. The Morgan fingerprint density at radius 3 is 2.08 bits per heavy atom. The maximum Gasteiger partial charge on any atom is 0.227 e. The van der Waals surface area contributed by atoms with Gasteiger partial charge in [0.05, 0.1) is 0 Å². The molecule has 38 heavy (non-hydrogen) atoms. The lowest BCUT2D eigenvalue weighted by Gasteiger charge is -2.39. The molecule has 1 aliphatic carbocycles. The van der Waals surface area contributed by atoms with Crippen molar-refractivity contribution in [2.24, 2.45) is 5.41 Å². The van der Waals surface area contributed by atoms with E-state index in [0.717, 1.165) is 54.2 Å². The Balaban J connectivity index is 1.70. The number of fused-ring (bicyclic) bond motifs is 4. The van der Waals surface area contributed by atoms with Crippen LogP contribution < -0.4 is 14.4 Å². The molecule has 1 heterocycles. The number of allylic oxidation sites excluding steroid dienone is 1. The molecule has 2 aliphatic rings. The first kappa shape index (κ1) is 28.5. The third kappa shape index (κ3) is 6.03. The summed E-state index contributed by atoms with van der Waals surface area (Å²) >= 11 is 0. The molecular formula is C32H48N2O4+2. The normalized spacial score (nSPS) is 18.1. The molecule has 0 aromatic heterocycles. The van der Waals surface area contributed by atoms with E-state index in [1.54, 1.807) is 7.11 Å². The zero-order valence-corrected chi connectivity index (χ0v) is 25.4. The highest BCUT2D eigenvalue weighted by Gasteiger charge is 2.37. The Hall–Kier alpha value is -2.54. The minimum atomic E-state index is -0.477. The van der Waals surface area contributed by atoms with Crippen LogP contribution in [-0.4, -0.2) is 63.0 Å². The molecule has 208 valence electrons. The first-order valence-corrected chi connectivity index (χ1v) is 13.8. The lowest BCUT2D eigenvalue weighted by Crippen LogP contribution is -2.56. The summed E-state index contributed by atoms with van der Waals surface area (Å²) < 4.78 is 13.3. The highest BCUT2D eigenvalue weighted by atomic mass is 16.7. The molecule has 0 bridgehead atoms. The number of methoxy groups -OCH3 is 1. The van der Waals surface area contributed by atoms with Crippen LogP contribution >= 0.6 is 0 Å². The Kier molecular flexibility index (Phi) is 7.41. The second kappa shape index (κ2) is 9.89. The number of benzene rings is 2. The minimum Gasteiger partial charge on any atom is -0.460 e. The molecule has 0 N–H and O–H groups in total. The summed E-state index contributed by atoms with van der Waals surface area (Å²) in [6, 6.07) is 12.7. The van der Waals surface area contributed by atoms with E-state index in [4.69, 9.17) is 19.1 Å². The van der Waals surface area contributed by atoms with E-state index in [0.29, 0.717) is 9.29 Å². The van der Waals surface area contributed by atoms with Crippen LogP contribution in [-0.2, 0) is 11.2 Å². The molecule has 6 nitrogen and oxygen atoms in total. The van der Waals surface area contributed by atoms with E-state index < -0.39 is 6.29 Å². The second-order valence-corrected chi connectivity index (χ2v) is 13.9. The topological polar surface area (TPSA) is 36.9 Å². The van der Waals surface area contributed by atoms with Crippen LogP contribution in [0.15, 0.2) is 36.4 Å². The van der Waals surface area contributed by atoms with Crippen LogP contribution in [0.5, 0.6) is 17.2 Å². The summed E-state index contributed by atoms with van der Waals surface area (Å²) in [6.45, 7) is 14.1. The molecule has 1 aliphatic heterocycles. The van der Waals surface area contributed by atoms with Gasteiger partial charge in [0.25, 0.3) is 0 Å². The lowest BCUT2D eigenvalue weighted by atomic mass is 9.89. The number of hydroxylamine groups is 6. The van der Waals surface area contributed by atoms with Gasteiger partial charge in [0.15, 0.2) is 11.5 Å². The van der Waals surface area contributed by atoms with Crippen LogP contribution in [0.2, 0.25) is 0 Å². The van der Waals surface area contributed by atoms with Gasteiger partial charge in [-0.2, -0.15) is 0 Å². The number of ether oxygens (including phenoxy) is 2. The summed E-state index contributed by atoms with van der Waals surface area (Å²) in [7, 11) is 10.1. The van der Waals surface area contributed by atoms with Crippen LogP contribution in [0.3, 0.4) is 0 Å². The molecular weight excluding hydrogens is 476 g/mol. The number of nitrogens with zero attached hydrogens (tertiary/aromatic N) is 2. The monoisotopic (exact) mass is 524 g/mol. The maximum atomic E-state index is 6.47. The van der Waals surface area contributed by atoms with Crippen LogP contribution in [0.25, 0.3) is 11.1 Å². The van der Waals surface area contributed by atoms with Crippen molar-refractivity contribution in [1.82, 2.24) is 0 Å². The lowest BCUT2D eigenvalue weighted by molar-refractivity contribution is -1.08. The van der Waals surface area contributed by atoms with Crippen molar-refractivity contribution in [3.8, 4) is 17.2 Å². The zero-order chi connectivity index (χ0) is 28.1. The fourth-order valence-electron chi connectivity index (χ4n) is 5.51. The summed E-state index contributed by atoms with van der Waals surface area (Å²) in [4.78, 5) is 12.8. The summed E-state index contributed by atoms with van der Waals surface area (Å²) in [6.07, 6.45) is 2.52. The maximum absolute atomic E-state index is 6.47. The molecule has 1 unspecified atom stereocenters. The van der Waals surface area contributed by atoms with Gasteiger partial charge in [0.1, 0.15) is 46.0 Å². The van der Waals surface area contributed by atoms with Crippen molar-refractivity contribution in [2.75, 3.05) is 41.8 Å². The van der Waals surface area contributed by atoms with Gasteiger partial charge in [-0.15, -0.1) is 9.29 Å². The van der Waals surface area contributed by atoms with Crippen molar-refractivity contribution in [3.63, 3.8) is 0 Å². The molecule has 0 fully saturated rings. The van der Waals surface area contributed by atoms with Gasteiger partial charge in [0, 0.05) is 29.7 Å². The Labute approximate surface area is 229 Å². The van der Waals surface area contributed by atoms with Crippen LogP contribution in [0.1, 0.15) is 71.1 Å². The van der Waals surface area contributed by atoms with Gasteiger partial charge in [0.2, 0.25) is 6.29 Å². The van der Waals surface area contributed by atoms with Gasteiger partial charge in [-0.05, 0) is 81.0 Å². The van der Waals surface area contributed by atoms with Crippen molar-refractivity contribution < 1.29 is 28.4 Å². The van der Waals surface area contributed by atoms with E-state index in [9.17, 15) is 0 Å². The molecule has 0 saturated carbocycles. The molecule has 6 heteroatoms. The smallest absolute Gasteiger partial charge is 0.227 e. The molecule has 0 radical (unpaired) electrons. The van der Waals surface area contributed by atoms with E-state index in [2.05, 4.69) is 100 Å². The Morgan fingerprint density at radius 1 is 0.842 bits per heavy atom. The second-order valence-electron chi connectivity index (χ2n) is 13.9.